The molecule has 17 heavy (non-hydrogen) atoms. The zero-order valence-corrected chi connectivity index (χ0v) is 11.2. The summed E-state index contributed by atoms with van der Waals surface area (Å²) in [6.45, 7) is 6.40. The third-order valence-corrected chi connectivity index (χ3v) is 3.91. The van der Waals surface area contributed by atoms with Gasteiger partial charge in [0.1, 0.15) is 11.5 Å². The molecule has 2 unspecified atom stereocenters. The van der Waals surface area contributed by atoms with Crippen LogP contribution in [-0.4, -0.2) is 20.3 Å². The molecule has 0 bridgehead atoms. The number of rotatable bonds is 3. The van der Waals surface area contributed by atoms with E-state index in [1.807, 2.05) is 19.1 Å². The lowest BCUT2D eigenvalue weighted by atomic mass is 9.99. The lowest BCUT2D eigenvalue weighted by Gasteiger charge is -2.15. The van der Waals surface area contributed by atoms with E-state index in [1.54, 1.807) is 14.2 Å². The summed E-state index contributed by atoms with van der Waals surface area (Å²) >= 11 is 0. The molecule has 2 N–H and O–H groups in total. The van der Waals surface area contributed by atoms with Gasteiger partial charge >= 0.3 is 0 Å². The van der Waals surface area contributed by atoms with E-state index in [9.17, 15) is 0 Å². The van der Waals surface area contributed by atoms with Crippen LogP contribution >= 0.6 is 0 Å². The van der Waals surface area contributed by atoms with Crippen molar-refractivity contribution < 1.29 is 9.47 Å². The molecule has 0 aliphatic heterocycles. The first-order valence-electron chi connectivity index (χ1n) is 5.91. The number of methoxy groups -OCH3 is 2. The second-order valence-corrected chi connectivity index (χ2v) is 5.41. The van der Waals surface area contributed by atoms with E-state index >= 15 is 0 Å². The summed E-state index contributed by atoms with van der Waals surface area (Å²) in [5.74, 6) is 2.08. The molecular formula is C14H21NO2. The molecule has 1 aromatic rings. The zero-order valence-electron chi connectivity index (χ0n) is 11.2. The number of benzene rings is 1. The summed E-state index contributed by atoms with van der Waals surface area (Å²) in [4.78, 5) is 0. The van der Waals surface area contributed by atoms with Gasteiger partial charge in [0.2, 0.25) is 0 Å². The van der Waals surface area contributed by atoms with Crippen LogP contribution < -0.4 is 15.2 Å². The standard InChI is InChI=1S/C14H21NO2/c1-8-6-9(16-4)11(10(7-8)17-5)12-13(15)14(12,2)3/h6-7,12-13H,15H2,1-5H3. The van der Waals surface area contributed by atoms with Crippen LogP contribution in [0.5, 0.6) is 11.5 Å². The van der Waals surface area contributed by atoms with Crippen molar-refractivity contribution in [2.75, 3.05) is 14.2 Å². The summed E-state index contributed by atoms with van der Waals surface area (Å²) in [6, 6.07) is 4.26. The van der Waals surface area contributed by atoms with Crippen molar-refractivity contribution in [3.63, 3.8) is 0 Å². The van der Waals surface area contributed by atoms with Crippen LogP contribution in [0.4, 0.5) is 0 Å². The largest absolute Gasteiger partial charge is 0.496 e. The average molecular weight is 235 g/mol. The molecule has 0 aromatic heterocycles. The van der Waals surface area contributed by atoms with Gasteiger partial charge in [0.25, 0.3) is 0 Å². The first kappa shape index (κ1) is 12.2. The minimum Gasteiger partial charge on any atom is -0.496 e. The maximum Gasteiger partial charge on any atom is 0.126 e. The Morgan fingerprint density at radius 3 is 1.82 bits per heavy atom. The normalized spacial score (nSPS) is 25.5. The van der Waals surface area contributed by atoms with Crippen molar-refractivity contribution in [2.24, 2.45) is 11.1 Å². The van der Waals surface area contributed by atoms with Crippen LogP contribution in [-0.2, 0) is 0 Å². The van der Waals surface area contributed by atoms with E-state index in [0.717, 1.165) is 22.6 Å². The Bertz CT molecular complexity index is 415. The number of aryl methyl sites for hydroxylation is 1. The number of nitrogens with two attached hydrogens (primary N) is 1. The predicted molar refractivity (Wildman–Crippen MR) is 68.8 cm³/mol. The third-order valence-electron chi connectivity index (χ3n) is 3.91. The van der Waals surface area contributed by atoms with E-state index < -0.39 is 0 Å². The molecule has 0 saturated heterocycles. The molecule has 3 nitrogen and oxygen atoms in total. The number of hydrogen-bond donors (Lipinski definition) is 1. The van der Waals surface area contributed by atoms with Gasteiger partial charge in [-0.1, -0.05) is 13.8 Å². The van der Waals surface area contributed by atoms with Crippen molar-refractivity contribution in [2.45, 2.75) is 32.7 Å². The van der Waals surface area contributed by atoms with E-state index in [1.165, 1.54) is 0 Å². The minimum atomic E-state index is 0.121. The number of ether oxygens (including phenoxy) is 2. The molecule has 2 atom stereocenters. The van der Waals surface area contributed by atoms with E-state index in [-0.39, 0.29) is 11.5 Å². The minimum absolute atomic E-state index is 0.121. The summed E-state index contributed by atoms with van der Waals surface area (Å²) < 4.78 is 11.0. The molecule has 0 amide bonds. The first-order valence-corrected chi connectivity index (χ1v) is 5.91. The van der Waals surface area contributed by atoms with Gasteiger partial charge in [0.15, 0.2) is 0 Å². The molecule has 1 aliphatic carbocycles. The van der Waals surface area contributed by atoms with Crippen LogP contribution in [0.15, 0.2) is 12.1 Å². The van der Waals surface area contributed by atoms with Crippen molar-refractivity contribution >= 4 is 0 Å². The highest BCUT2D eigenvalue weighted by Crippen LogP contribution is 2.61. The predicted octanol–water partition coefficient (Wildman–Crippen LogP) is 2.46. The quantitative estimate of drug-likeness (QED) is 0.875. The van der Waals surface area contributed by atoms with Gasteiger partial charge in [-0.15, -0.1) is 0 Å². The van der Waals surface area contributed by atoms with E-state index in [2.05, 4.69) is 13.8 Å². The van der Waals surface area contributed by atoms with Crippen LogP contribution in [0.3, 0.4) is 0 Å². The van der Waals surface area contributed by atoms with Gasteiger partial charge in [-0.25, -0.2) is 0 Å². The van der Waals surface area contributed by atoms with Crippen LogP contribution in [0.2, 0.25) is 0 Å². The highest BCUT2D eigenvalue weighted by atomic mass is 16.5. The van der Waals surface area contributed by atoms with Crippen molar-refractivity contribution in [3.8, 4) is 11.5 Å². The Balaban J connectivity index is 2.52. The molecular weight excluding hydrogens is 214 g/mol. The molecule has 1 aliphatic rings. The molecule has 94 valence electrons. The van der Waals surface area contributed by atoms with Crippen LogP contribution in [0, 0.1) is 12.3 Å². The molecule has 2 rings (SSSR count). The monoisotopic (exact) mass is 235 g/mol. The molecule has 0 heterocycles. The second-order valence-electron chi connectivity index (χ2n) is 5.41. The van der Waals surface area contributed by atoms with Gasteiger partial charge in [-0.2, -0.15) is 0 Å². The molecule has 0 spiro atoms. The van der Waals surface area contributed by atoms with E-state index in [0.29, 0.717) is 5.92 Å². The highest BCUT2D eigenvalue weighted by Gasteiger charge is 2.58. The average Bonchev–Trinajstić information content (AvgIpc) is 2.77. The van der Waals surface area contributed by atoms with Crippen molar-refractivity contribution in [1.29, 1.82) is 0 Å². The summed E-state index contributed by atoms with van der Waals surface area (Å²) in [5.41, 5.74) is 8.51. The van der Waals surface area contributed by atoms with Gasteiger partial charge in [-0.3, -0.25) is 0 Å². The second kappa shape index (κ2) is 3.91. The van der Waals surface area contributed by atoms with Crippen molar-refractivity contribution in [1.82, 2.24) is 0 Å². The van der Waals surface area contributed by atoms with Crippen molar-refractivity contribution in [3.05, 3.63) is 23.3 Å². The Kier molecular flexibility index (Phi) is 2.82. The summed E-state index contributed by atoms with van der Waals surface area (Å²) in [5, 5.41) is 0. The molecule has 0 radical (unpaired) electrons. The third kappa shape index (κ3) is 1.78. The Labute approximate surface area is 103 Å². The van der Waals surface area contributed by atoms with Crippen LogP contribution in [0.25, 0.3) is 0 Å². The Hall–Kier alpha value is -1.22. The van der Waals surface area contributed by atoms with Gasteiger partial charge in [0.05, 0.1) is 14.2 Å². The maximum absolute atomic E-state index is 6.15. The fourth-order valence-electron chi connectivity index (χ4n) is 2.61. The smallest absolute Gasteiger partial charge is 0.126 e. The molecule has 1 fully saturated rings. The molecule has 1 saturated carbocycles. The van der Waals surface area contributed by atoms with Gasteiger partial charge in [-0.05, 0) is 30.0 Å². The summed E-state index contributed by atoms with van der Waals surface area (Å²) in [6.07, 6.45) is 0. The number of hydrogen-bond acceptors (Lipinski definition) is 3. The highest BCUT2D eigenvalue weighted by molar-refractivity contribution is 5.54. The van der Waals surface area contributed by atoms with Gasteiger partial charge < -0.3 is 15.2 Å². The van der Waals surface area contributed by atoms with Gasteiger partial charge in [0, 0.05) is 17.5 Å². The fraction of sp³-hybridized carbons (Fsp3) is 0.571. The van der Waals surface area contributed by atoms with Crippen LogP contribution in [0.1, 0.15) is 30.9 Å². The van der Waals surface area contributed by atoms with E-state index in [4.69, 9.17) is 15.2 Å². The first-order chi connectivity index (χ1) is 7.93. The molecule has 3 heteroatoms. The molecule has 1 aromatic carbocycles. The maximum atomic E-state index is 6.15. The Morgan fingerprint density at radius 1 is 1.12 bits per heavy atom. The lowest BCUT2D eigenvalue weighted by molar-refractivity contribution is 0.382. The lowest BCUT2D eigenvalue weighted by Crippen LogP contribution is -2.06. The Morgan fingerprint density at radius 2 is 1.53 bits per heavy atom. The topological polar surface area (TPSA) is 44.5 Å². The SMILES string of the molecule is COc1cc(C)cc(OC)c1C1C(N)C1(C)C. The zero-order chi connectivity index (χ0) is 12.8. The summed E-state index contributed by atoms with van der Waals surface area (Å²) in [7, 11) is 3.39. The fourth-order valence-corrected chi connectivity index (χ4v) is 2.61.